The average Bonchev–Trinajstić information content (AvgIpc) is 3.19. The molecule has 3 aromatic rings. The zero-order valence-electron chi connectivity index (χ0n) is 23.6. The Morgan fingerprint density at radius 3 is 2.38 bits per heavy atom. The Morgan fingerprint density at radius 2 is 1.68 bits per heavy atom. The van der Waals surface area contributed by atoms with Crippen molar-refractivity contribution < 1.29 is 29.3 Å². The fraction of sp³-hybridized carbons (Fsp3) is 0.333. The van der Waals surface area contributed by atoms with Gasteiger partial charge in [-0.1, -0.05) is 49.6 Å². The highest BCUT2D eigenvalue weighted by Gasteiger charge is 2.46. The normalized spacial score (nSPS) is 16.4. The summed E-state index contributed by atoms with van der Waals surface area (Å²) in [6.45, 7) is 8.97. The number of hydrogen-bond acceptors (Lipinski definition) is 6. The summed E-state index contributed by atoms with van der Waals surface area (Å²) in [5.74, 6) is -0.878. The number of benzene rings is 3. The van der Waals surface area contributed by atoms with Gasteiger partial charge in [-0.15, -0.1) is 0 Å². The van der Waals surface area contributed by atoms with Crippen molar-refractivity contribution in [3.8, 4) is 17.2 Å². The maximum absolute atomic E-state index is 13.5. The predicted molar refractivity (Wildman–Crippen MR) is 155 cm³/mol. The van der Waals surface area contributed by atoms with E-state index in [2.05, 4.69) is 6.92 Å². The molecule has 7 nitrogen and oxygen atoms in total. The molecule has 210 valence electrons. The number of aryl methyl sites for hydroxylation is 2. The van der Waals surface area contributed by atoms with Crippen LogP contribution in [0.3, 0.4) is 0 Å². The number of phenols is 1. The summed E-state index contributed by atoms with van der Waals surface area (Å²) in [5.41, 5.74) is 3.86. The maximum Gasteiger partial charge on any atom is 0.295 e. The van der Waals surface area contributed by atoms with Gasteiger partial charge in [-0.3, -0.25) is 9.59 Å². The Balaban J connectivity index is 1.78. The Bertz CT molecular complexity index is 1410. The highest BCUT2D eigenvalue weighted by atomic mass is 16.5. The topological polar surface area (TPSA) is 96.3 Å². The largest absolute Gasteiger partial charge is 0.507 e. The smallest absolute Gasteiger partial charge is 0.295 e. The van der Waals surface area contributed by atoms with Crippen LogP contribution in [0.2, 0.25) is 0 Å². The van der Waals surface area contributed by atoms with Gasteiger partial charge in [0.05, 0.1) is 24.8 Å². The van der Waals surface area contributed by atoms with Crippen LogP contribution in [-0.2, 0) is 16.1 Å². The quantitative estimate of drug-likeness (QED) is 0.122. The van der Waals surface area contributed by atoms with E-state index in [1.54, 1.807) is 43.3 Å². The summed E-state index contributed by atoms with van der Waals surface area (Å²) in [6.07, 6.45) is 3.15. The summed E-state index contributed by atoms with van der Waals surface area (Å²) < 4.78 is 11.4. The van der Waals surface area contributed by atoms with Gasteiger partial charge in [-0.25, -0.2) is 0 Å². The Morgan fingerprint density at radius 1 is 0.925 bits per heavy atom. The first-order valence-electron chi connectivity index (χ1n) is 13.8. The molecule has 1 amide bonds. The second-order valence-electron chi connectivity index (χ2n) is 10.1. The molecule has 0 saturated carbocycles. The molecule has 1 saturated heterocycles. The highest BCUT2D eigenvalue weighted by molar-refractivity contribution is 6.46. The number of aromatic hydroxyl groups is 1. The molecule has 1 unspecified atom stereocenters. The third-order valence-electron chi connectivity index (χ3n) is 7.13. The zero-order chi connectivity index (χ0) is 28.8. The molecule has 1 heterocycles. The van der Waals surface area contributed by atoms with Crippen LogP contribution < -0.4 is 9.47 Å². The molecule has 1 aliphatic rings. The number of carbonyl (C=O) groups excluding carboxylic acids is 2. The van der Waals surface area contributed by atoms with Crippen LogP contribution in [0.1, 0.15) is 67.0 Å². The number of likely N-dealkylation sites (tertiary alicyclic amines) is 1. The SMILES string of the molecule is CCCCCOc1ccc(/C(O)=C2/C(=O)C(=O)N(Cc3cc(C)ccc3C)C2c2ccc(O)c(OCC)c2)cc1. The van der Waals surface area contributed by atoms with E-state index in [0.717, 1.165) is 36.0 Å². The van der Waals surface area contributed by atoms with Crippen LogP contribution in [0.4, 0.5) is 0 Å². The zero-order valence-corrected chi connectivity index (χ0v) is 23.6. The molecule has 7 heteroatoms. The third-order valence-corrected chi connectivity index (χ3v) is 7.13. The lowest BCUT2D eigenvalue weighted by molar-refractivity contribution is -0.140. The van der Waals surface area contributed by atoms with E-state index >= 15 is 0 Å². The van der Waals surface area contributed by atoms with Crippen LogP contribution in [0, 0.1) is 13.8 Å². The average molecular weight is 544 g/mol. The van der Waals surface area contributed by atoms with Gasteiger partial charge >= 0.3 is 0 Å². The fourth-order valence-electron chi connectivity index (χ4n) is 4.92. The molecule has 1 atom stereocenters. The number of aliphatic hydroxyl groups excluding tert-OH is 1. The number of hydrogen-bond donors (Lipinski definition) is 2. The molecule has 1 aliphatic heterocycles. The standard InChI is InChI=1S/C33H37NO6/c1-5-7-8-17-40-26-14-11-23(12-15-26)31(36)29-30(24-13-16-27(35)28(19-24)39-6-2)34(33(38)32(29)37)20-25-18-21(3)9-10-22(25)4/h9-16,18-19,30,35-36H,5-8,17,20H2,1-4H3/b31-29-. The first-order valence-corrected chi connectivity index (χ1v) is 13.8. The van der Waals surface area contributed by atoms with Crippen LogP contribution in [0.25, 0.3) is 5.76 Å². The monoisotopic (exact) mass is 543 g/mol. The Kier molecular flexibility index (Phi) is 9.15. The van der Waals surface area contributed by atoms with Crippen molar-refractivity contribution in [2.45, 2.75) is 59.5 Å². The Hall–Kier alpha value is -4.26. The van der Waals surface area contributed by atoms with E-state index in [1.807, 2.05) is 32.0 Å². The molecule has 2 N–H and O–H groups in total. The summed E-state index contributed by atoms with van der Waals surface area (Å²) in [7, 11) is 0. The first-order chi connectivity index (χ1) is 19.2. The van der Waals surface area contributed by atoms with Crippen molar-refractivity contribution in [2.24, 2.45) is 0 Å². The Labute approximate surface area is 235 Å². The van der Waals surface area contributed by atoms with Gasteiger partial charge in [-0.2, -0.15) is 0 Å². The molecule has 1 fully saturated rings. The molecule has 0 radical (unpaired) electrons. The van der Waals surface area contributed by atoms with E-state index < -0.39 is 17.7 Å². The third kappa shape index (κ3) is 6.14. The second-order valence-corrected chi connectivity index (χ2v) is 10.1. The predicted octanol–water partition coefficient (Wildman–Crippen LogP) is 6.60. The lowest BCUT2D eigenvalue weighted by Gasteiger charge is -2.26. The molecule has 0 aliphatic carbocycles. The first kappa shape index (κ1) is 28.7. The number of unbranched alkanes of at least 4 members (excludes halogenated alkanes) is 2. The summed E-state index contributed by atoms with van der Waals surface area (Å²) in [4.78, 5) is 28.4. The summed E-state index contributed by atoms with van der Waals surface area (Å²) >= 11 is 0. The van der Waals surface area contributed by atoms with E-state index in [4.69, 9.17) is 9.47 Å². The molecule has 0 bridgehead atoms. The number of Topliss-reactive ketones (excluding diaryl/α,β-unsaturated/α-hetero) is 1. The van der Waals surface area contributed by atoms with Crippen LogP contribution in [0.15, 0.2) is 66.2 Å². The lowest BCUT2D eigenvalue weighted by Crippen LogP contribution is -2.29. The van der Waals surface area contributed by atoms with Gasteiger partial charge in [0, 0.05) is 12.1 Å². The molecule has 0 spiro atoms. The number of ketones is 1. The molecule has 0 aromatic heterocycles. The minimum absolute atomic E-state index is 0.0138. The van der Waals surface area contributed by atoms with Crippen molar-refractivity contribution in [2.75, 3.05) is 13.2 Å². The number of ether oxygens (including phenoxy) is 2. The van der Waals surface area contributed by atoms with E-state index in [9.17, 15) is 19.8 Å². The maximum atomic E-state index is 13.5. The van der Waals surface area contributed by atoms with Crippen molar-refractivity contribution in [1.82, 2.24) is 4.90 Å². The fourth-order valence-corrected chi connectivity index (χ4v) is 4.92. The van der Waals surface area contributed by atoms with Crippen molar-refractivity contribution in [1.29, 1.82) is 0 Å². The molecule has 3 aromatic carbocycles. The van der Waals surface area contributed by atoms with Crippen molar-refractivity contribution in [3.05, 3.63) is 94.1 Å². The summed E-state index contributed by atoms with van der Waals surface area (Å²) in [6, 6.07) is 16.7. The van der Waals surface area contributed by atoms with Crippen LogP contribution in [0.5, 0.6) is 17.2 Å². The number of aliphatic hydroxyl groups is 1. The number of nitrogens with zero attached hydrogens (tertiary/aromatic N) is 1. The van der Waals surface area contributed by atoms with Gasteiger partial charge in [0.15, 0.2) is 11.5 Å². The van der Waals surface area contributed by atoms with Gasteiger partial charge < -0.3 is 24.6 Å². The van der Waals surface area contributed by atoms with Crippen LogP contribution in [-0.4, -0.2) is 40.0 Å². The van der Waals surface area contributed by atoms with Crippen LogP contribution >= 0.6 is 0 Å². The number of phenolic OH excluding ortho intramolecular Hbond substituents is 1. The molecule has 4 rings (SSSR count). The van der Waals surface area contributed by atoms with Crippen molar-refractivity contribution >= 4 is 17.4 Å². The van der Waals surface area contributed by atoms with Gasteiger partial charge in [0.25, 0.3) is 11.7 Å². The minimum Gasteiger partial charge on any atom is -0.507 e. The van der Waals surface area contributed by atoms with E-state index in [-0.39, 0.29) is 29.4 Å². The lowest BCUT2D eigenvalue weighted by atomic mass is 9.94. The number of carbonyl (C=O) groups is 2. The molecule has 40 heavy (non-hydrogen) atoms. The van der Waals surface area contributed by atoms with Crippen molar-refractivity contribution in [3.63, 3.8) is 0 Å². The summed E-state index contributed by atoms with van der Waals surface area (Å²) in [5, 5.41) is 21.8. The van der Waals surface area contributed by atoms with Gasteiger partial charge in [0.1, 0.15) is 11.5 Å². The molecular formula is C33H37NO6. The number of amides is 1. The molecular weight excluding hydrogens is 506 g/mol. The van der Waals surface area contributed by atoms with E-state index in [0.29, 0.717) is 30.1 Å². The van der Waals surface area contributed by atoms with Gasteiger partial charge in [-0.05, 0) is 80.3 Å². The minimum atomic E-state index is -0.885. The number of rotatable bonds is 11. The second kappa shape index (κ2) is 12.7. The highest BCUT2D eigenvalue weighted by Crippen LogP contribution is 2.43. The van der Waals surface area contributed by atoms with Gasteiger partial charge in [0.2, 0.25) is 0 Å². The van der Waals surface area contributed by atoms with E-state index in [1.165, 1.54) is 11.0 Å².